The van der Waals surface area contributed by atoms with Crippen molar-refractivity contribution in [1.82, 2.24) is 4.57 Å². The van der Waals surface area contributed by atoms with Crippen LogP contribution in [-0.4, -0.2) is 30.9 Å². The number of nitrogens with zero attached hydrogens (tertiary/aromatic N) is 2. The number of ether oxygens (including phenoxy) is 3. The molecule has 1 unspecified atom stereocenters. The fourth-order valence-corrected chi connectivity index (χ4v) is 5.58. The van der Waals surface area contributed by atoms with E-state index in [4.69, 9.17) is 14.2 Å². The Balaban J connectivity index is 1.87. The molecule has 3 aromatic rings. The molecule has 0 spiro atoms. The summed E-state index contributed by atoms with van der Waals surface area (Å²) in [7, 11) is 1.58. The first-order chi connectivity index (χ1) is 16.0. The zero-order valence-corrected chi connectivity index (χ0v) is 20.4. The number of hydrogen-bond acceptors (Lipinski definition) is 8. The Kier molecular flexibility index (Phi) is 6.80. The third kappa shape index (κ3) is 4.38. The van der Waals surface area contributed by atoms with Crippen molar-refractivity contribution in [1.29, 1.82) is 0 Å². The highest BCUT2D eigenvalue weighted by atomic mass is 32.1. The van der Waals surface area contributed by atoms with Gasteiger partial charge < -0.3 is 14.2 Å². The largest absolute Gasteiger partial charge is 0.493 e. The molecular formula is C24H24N2O5S2. The van der Waals surface area contributed by atoms with Gasteiger partial charge in [-0.05, 0) is 56.0 Å². The molecule has 0 radical (unpaired) electrons. The van der Waals surface area contributed by atoms with Gasteiger partial charge in [0.15, 0.2) is 16.3 Å². The van der Waals surface area contributed by atoms with Gasteiger partial charge >= 0.3 is 5.97 Å². The quantitative estimate of drug-likeness (QED) is 0.481. The van der Waals surface area contributed by atoms with Crippen molar-refractivity contribution in [2.75, 3.05) is 20.3 Å². The van der Waals surface area contributed by atoms with Crippen LogP contribution in [0.1, 0.15) is 37.3 Å². The molecule has 3 heterocycles. The van der Waals surface area contributed by atoms with E-state index in [1.165, 1.54) is 22.7 Å². The molecule has 172 valence electrons. The highest BCUT2D eigenvalue weighted by Gasteiger charge is 2.33. The zero-order chi connectivity index (χ0) is 23.5. The topological polar surface area (TPSA) is 79.1 Å². The molecule has 1 aliphatic rings. The monoisotopic (exact) mass is 484 g/mol. The number of aromatic nitrogens is 1. The number of thiazole rings is 1. The average molecular weight is 485 g/mol. The summed E-state index contributed by atoms with van der Waals surface area (Å²) in [5, 5.41) is 1.93. The second kappa shape index (κ2) is 9.76. The van der Waals surface area contributed by atoms with Gasteiger partial charge in [-0.2, -0.15) is 0 Å². The summed E-state index contributed by atoms with van der Waals surface area (Å²) in [5.74, 6) is 0.781. The van der Waals surface area contributed by atoms with Crippen LogP contribution < -0.4 is 24.4 Å². The number of rotatable bonds is 7. The first-order valence-corrected chi connectivity index (χ1v) is 12.2. The lowest BCUT2D eigenvalue weighted by atomic mass is 10.0. The first-order valence-electron chi connectivity index (χ1n) is 10.5. The minimum atomic E-state index is -0.572. The van der Waals surface area contributed by atoms with E-state index < -0.39 is 12.0 Å². The Hall–Kier alpha value is -3.17. The maximum atomic E-state index is 13.5. The van der Waals surface area contributed by atoms with Gasteiger partial charge in [0.2, 0.25) is 0 Å². The lowest BCUT2D eigenvalue weighted by Crippen LogP contribution is -2.39. The molecule has 0 bridgehead atoms. The Morgan fingerprint density at radius 2 is 2.03 bits per heavy atom. The van der Waals surface area contributed by atoms with E-state index in [1.54, 1.807) is 31.6 Å². The first kappa shape index (κ1) is 23.0. The predicted molar refractivity (Wildman–Crippen MR) is 129 cm³/mol. The van der Waals surface area contributed by atoms with Crippen molar-refractivity contribution >= 4 is 34.7 Å². The number of carbonyl (C=O) groups excluding carboxylic acids is 1. The van der Waals surface area contributed by atoms with Crippen LogP contribution in [0.3, 0.4) is 0 Å². The Morgan fingerprint density at radius 1 is 1.21 bits per heavy atom. The number of allylic oxidation sites excluding steroid dienone is 1. The van der Waals surface area contributed by atoms with Crippen molar-refractivity contribution in [3.63, 3.8) is 0 Å². The fraction of sp³-hybridized carbons (Fsp3) is 0.292. The SMILES string of the molecule is CCOC(=O)C1=C(C)N=c2sc(=Cc3ccc(OCC)c(OC)c3)c(=O)n2C1c1cccs1. The van der Waals surface area contributed by atoms with Gasteiger partial charge in [0, 0.05) is 4.88 Å². The molecule has 33 heavy (non-hydrogen) atoms. The average Bonchev–Trinajstić information content (AvgIpc) is 3.43. The molecule has 2 aromatic heterocycles. The summed E-state index contributed by atoms with van der Waals surface area (Å²) in [6.07, 6.45) is 1.80. The third-order valence-electron chi connectivity index (χ3n) is 5.11. The summed E-state index contributed by atoms with van der Waals surface area (Å²) >= 11 is 2.78. The minimum absolute atomic E-state index is 0.209. The number of methoxy groups -OCH3 is 1. The molecular weight excluding hydrogens is 460 g/mol. The standard InChI is InChI=1S/C24H24N2O5S2/c1-5-30-16-10-9-15(12-17(16)29-4)13-19-22(27)26-21(18-8-7-11-32-18)20(23(28)31-6-2)14(3)25-24(26)33-19/h7-13,21H,5-6H2,1-4H3. The molecule has 9 heteroatoms. The van der Waals surface area contributed by atoms with Crippen LogP contribution in [0, 0.1) is 0 Å². The number of hydrogen-bond donors (Lipinski definition) is 0. The minimum Gasteiger partial charge on any atom is -0.493 e. The van der Waals surface area contributed by atoms with Crippen LogP contribution in [-0.2, 0) is 9.53 Å². The van der Waals surface area contributed by atoms with Crippen molar-refractivity contribution < 1.29 is 19.0 Å². The van der Waals surface area contributed by atoms with Crippen LogP contribution in [0.4, 0.5) is 0 Å². The summed E-state index contributed by atoms with van der Waals surface area (Å²) in [5.41, 5.74) is 1.54. The molecule has 1 aromatic carbocycles. The molecule has 1 atom stereocenters. The molecule has 0 aliphatic carbocycles. The van der Waals surface area contributed by atoms with E-state index in [-0.39, 0.29) is 12.2 Å². The fourth-order valence-electron chi connectivity index (χ4n) is 3.71. The van der Waals surface area contributed by atoms with Gasteiger partial charge in [-0.1, -0.05) is 23.5 Å². The molecule has 0 saturated heterocycles. The lowest BCUT2D eigenvalue weighted by Gasteiger charge is -2.23. The van der Waals surface area contributed by atoms with Crippen molar-refractivity contribution in [2.24, 2.45) is 4.99 Å². The Bertz CT molecular complexity index is 1380. The predicted octanol–water partition coefficient (Wildman–Crippen LogP) is 3.27. The smallest absolute Gasteiger partial charge is 0.338 e. The molecule has 0 N–H and O–H groups in total. The maximum absolute atomic E-state index is 13.5. The zero-order valence-electron chi connectivity index (χ0n) is 18.8. The van der Waals surface area contributed by atoms with E-state index in [2.05, 4.69) is 4.99 Å². The summed E-state index contributed by atoms with van der Waals surface area (Å²) in [6, 6.07) is 8.77. The van der Waals surface area contributed by atoms with Crippen molar-refractivity contribution in [3.05, 3.63) is 77.1 Å². The van der Waals surface area contributed by atoms with E-state index in [0.717, 1.165) is 10.4 Å². The normalized spacial score (nSPS) is 15.8. The number of esters is 1. The lowest BCUT2D eigenvalue weighted by molar-refractivity contribution is -0.139. The van der Waals surface area contributed by atoms with Crippen molar-refractivity contribution in [2.45, 2.75) is 26.8 Å². The highest BCUT2D eigenvalue weighted by Crippen LogP contribution is 2.33. The van der Waals surface area contributed by atoms with Crippen LogP contribution in [0.25, 0.3) is 6.08 Å². The molecule has 0 saturated carbocycles. The number of carbonyl (C=O) groups is 1. The van der Waals surface area contributed by atoms with E-state index in [0.29, 0.717) is 38.7 Å². The van der Waals surface area contributed by atoms with Crippen LogP contribution in [0.15, 0.2) is 56.8 Å². The third-order valence-corrected chi connectivity index (χ3v) is 7.02. The van der Waals surface area contributed by atoms with Gasteiger partial charge in [0.1, 0.15) is 6.04 Å². The van der Waals surface area contributed by atoms with Crippen LogP contribution in [0.5, 0.6) is 11.5 Å². The van der Waals surface area contributed by atoms with Crippen LogP contribution in [0.2, 0.25) is 0 Å². The molecule has 0 amide bonds. The Labute approximate surface area is 198 Å². The van der Waals surface area contributed by atoms with E-state index in [1.807, 2.05) is 42.6 Å². The second-order valence-electron chi connectivity index (χ2n) is 7.16. The van der Waals surface area contributed by atoms with Gasteiger partial charge in [-0.3, -0.25) is 9.36 Å². The van der Waals surface area contributed by atoms with Crippen LogP contribution >= 0.6 is 22.7 Å². The Morgan fingerprint density at radius 3 is 2.70 bits per heavy atom. The maximum Gasteiger partial charge on any atom is 0.338 e. The van der Waals surface area contributed by atoms with Gasteiger partial charge in [0.25, 0.3) is 5.56 Å². The summed E-state index contributed by atoms with van der Waals surface area (Å²) < 4.78 is 18.4. The van der Waals surface area contributed by atoms with Gasteiger partial charge in [-0.15, -0.1) is 11.3 Å². The second-order valence-corrected chi connectivity index (χ2v) is 9.15. The molecule has 7 nitrogen and oxygen atoms in total. The highest BCUT2D eigenvalue weighted by molar-refractivity contribution is 7.10. The van der Waals surface area contributed by atoms with E-state index in [9.17, 15) is 9.59 Å². The van der Waals surface area contributed by atoms with Gasteiger partial charge in [0.05, 0.1) is 36.1 Å². The number of benzene rings is 1. The molecule has 4 rings (SSSR count). The molecule has 0 fully saturated rings. The van der Waals surface area contributed by atoms with Gasteiger partial charge in [-0.25, -0.2) is 9.79 Å². The number of fused-ring (bicyclic) bond motifs is 1. The molecule has 1 aliphatic heterocycles. The van der Waals surface area contributed by atoms with E-state index >= 15 is 0 Å². The summed E-state index contributed by atoms with van der Waals surface area (Å²) in [6.45, 7) is 6.22. The number of thiophene rings is 1. The van der Waals surface area contributed by atoms with Crippen molar-refractivity contribution in [3.8, 4) is 11.5 Å². The summed E-state index contributed by atoms with van der Waals surface area (Å²) in [4.78, 5) is 32.4.